The van der Waals surface area contributed by atoms with Crippen LogP contribution in [-0.4, -0.2) is 53.4 Å². The fraction of sp³-hybridized carbons (Fsp3) is 0.455. The van der Waals surface area contributed by atoms with E-state index in [0.717, 1.165) is 13.1 Å². The predicted octanol–water partition coefficient (Wildman–Crippen LogP) is 2.80. The van der Waals surface area contributed by atoms with Crippen LogP contribution >= 0.6 is 24.8 Å². The molecule has 28 heavy (non-hydrogen) atoms. The molecule has 2 aromatic carbocycles. The molecule has 0 saturated carbocycles. The quantitative estimate of drug-likeness (QED) is 0.466. The molecule has 0 aliphatic rings. The van der Waals surface area contributed by atoms with Crippen molar-refractivity contribution in [2.45, 2.75) is 38.5 Å². The van der Waals surface area contributed by atoms with Gasteiger partial charge in [-0.15, -0.1) is 24.8 Å². The molecule has 2 nitrogen and oxygen atoms in total. The van der Waals surface area contributed by atoms with Gasteiger partial charge in [0.25, 0.3) is 0 Å². The molecule has 0 bridgehead atoms. The van der Waals surface area contributed by atoms with Crippen LogP contribution in [0.3, 0.4) is 0 Å². The van der Waals surface area contributed by atoms with E-state index in [1.807, 2.05) is 14.1 Å². The Morgan fingerprint density at radius 3 is 1.29 bits per heavy atom. The smallest absolute Gasteiger partial charge is 0.147 e. The molecule has 0 atom stereocenters. The average Bonchev–Trinajstić information content (AvgIpc) is 2.60. The van der Waals surface area contributed by atoms with Crippen LogP contribution in [-0.2, 0) is 10.8 Å². The summed E-state index contributed by atoms with van der Waals surface area (Å²) >= 11 is 0.973. The molecule has 0 unspecified atom stereocenters. The van der Waals surface area contributed by atoms with Crippen molar-refractivity contribution in [3.8, 4) is 0 Å². The minimum atomic E-state index is 0. The fourth-order valence-corrected chi connectivity index (χ4v) is 11.2. The van der Waals surface area contributed by atoms with Crippen LogP contribution in [0.5, 0.6) is 0 Å². The molecule has 6 heteroatoms. The van der Waals surface area contributed by atoms with Gasteiger partial charge in [-0.2, -0.15) is 0 Å². The van der Waals surface area contributed by atoms with E-state index in [9.17, 15) is 0 Å². The minimum absolute atomic E-state index is 0. The number of benzene rings is 2. The molecule has 0 aliphatic carbocycles. The van der Waals surface area contributed by atoms with Gasteiger partial charge < -0.3 is 0 Å². The van der Waals surface area contributed by atoms with Gasteiger partial charge >= 0.3 is 171 Å². The van der Waals surface area contributed by atoms with Gasteiger partial charge in [0.2, 0.25) is 0 Å². The number of rotatable bonds is 9. The first-order valence-electron chi connectivity index (χ1n) is 9.14. The van der Waals surface area contributed by atoms with Crippen molar-refractivity contribution in [3.05, 3.63) is 59.7 Å². The molecule has 0 spiro atoms. The molecule has 2 rings (SSSR count). The maximum absolute atomic E-state index is 3.36. The Morgan fingerprint density at radius 2 is 0.964 bits per heavy atom. The van der Waals surface area contributed by atoms with Crippen LogP contribution < -0.4 is 19.6 Å². The average molecular weight is 555 g/mol. The Morgan fingerprint density at radius 1 is 0.643 bits per heavy atom. The summed E-state index contributed by atoms with van der Waals surface area (Å²) in [5, 5.41) is 6.71. The van der Waals surface area contributed by atoms with Gasteiger partial charge in [0.1, 0.15) is 0 Å². The third-order valence-corrected chi connectivity index (χ3v) is 11.9. The van der Waals surface area contributed by atoms with Gasteiger partial charge in [0.05, 0.1) is 0 Å². The molecule has 0 aliphatic heterocycles. The number of nitrogens with one attached hydrogen (secondary N) is 2. The zero-order valence-electron chi connectivity index (χ0n) is 17.7. The SMILES string of the molecule is CNCC(C)(C)c1ccccc1[Se][Se]c1ccccc1C(C)(C)CNC.Cl.Cl. The van der Waals surface area contributed by atoms with Crippen molar-refractivity contribution in [3.63, 3.8) is 0 Å². The fourth-order valence-electron chi connectivity index (χ4n) is 3.36. The largest absolute Gasteiger partial charge is 0.147 e. The Kier molecular flexibility index (Phi) is 12.6. The molecule has 0 amide bonds. The Balaban J connectivity index is 0.00000364. The second-order valence-corrected chi connectivity index (χ2v) is 14.2. The van der Waals surface area contributed by atoms with Crippen molar-refractivity contribution >= 4 is 60.0 Å². The second kappa shape index (κ2) is 12.6. The van der Waals surface area contributed by atoms with Gasteiger partial charge in [0, 0.05) is 0 Å². The summed E-state index contributed by atoms with van der Waals surface area (Å²) in [6.45, 7) is 11.4. The van der Waals surface area contributed by atoms with Crippen molar-refractivity contribution in [2.24, 2.45) is 0 Å². The first kappa shape index (κ1) is 28.0. The predicted molar refractivity (Wildman–Crippen MR) is 132 cm³/mol. The van der Waals surface area contributed by atoms with Gasteiger partial charge in [-0.25, -0.2) is 0 Å². The molecule has 0 heterocycles. The summed E-state index contributed by atoms with van der Waals surface area (Å²) in [5.74, 6) is 0. The second-order valence-electron chi connectivity index (χ2n) is 7.99. The molecule has 0 aromatic heterocycles. The maximum atomic E-state index is 3.36. The molecular formula is C22H34Cl2N2Se2. The Labute approximate surface area is 195 Å². The zero-order valence-corrected chi connectivity index (χ0v) is 22.7. The zero-order chi connectivity index (χ0) is 19.2. The standard InChI is InChI=1S/C22H32N2Se2.2ClH/c1-21(2,15-23-5)17-11-7-9-13-19(17)25-26-20-14-10-8-12-18(20)22(3,4)16-24-6;;/h7-14,23-24H,15-16H2,1-6H3;2*1H. The normalized spacial score (nSPS) is 11.5. The Bertz CT molecular complexity index is 660. The van der Waals surface area contributed by atoms with E-state index in [4.69, 9.17) is 0 Å². The van der Waals surface area contributed by atoms with Crippen LogP contribution in [0.2, 0.25) is 0 Å². The molecule has 2 aromatic rings. The summed E-state index contributed by atoms with van der Waals surface area (Å²) in [5.41, 5.74) is 3.33. The monoisotopic (exact) mass is 556 g/mol. The number of likely N-dealkylation sites (N-methyl/N-ethyl adjacent to an activating group) is 2. The summed E-state index contributed by atoms with van der Waals surface area (Å²) < 4.78 is 3.11. The minimum Gasteiger partial charge on any atom is -0.147 e. The van der Waals surface area contributed by atoms with Crippen molar-refractivity contribution in [1.29, 1.82) is 0 Å². The van der Waals surface area contributed by atoms with Crippen molar-refractivity contribution in [1.82, 2.24) is 10.6 Å². The van der Waals surface area contributed by atoms with E-state index < -0.39 is 0 Å². The van der Waals surface area contributed by atoms with E-state index in [-0.39, 0.29) is 35.6 Å². The van der Waals surface area contributed by atoms with Crippen LogP contribution in [0.1, 0.15) is 38.8 Å². The van der Waals surface area contributed by atoms with Crippen molar-refractivity contribution < 1.29 is 0 Å². The van der Waals surface area contributed by atoms with E-state index in [0.29, 0.717) is 26.3 Å². The summed E-state index contributed by atoms with van der Waals surface area (Å²) in [6.07, 6.45) is 0. The van der Waals surface area contributed by atoms with E-state index in [2.05, 4.69) is 86.9 Å². The third kappa shape index (κ3) is 7.34. The molecule has 158 valence electrons. The molecule has 0 saturated heterocycles. The van der Waals surface area contributed by atoms with Gasteiger partial charge in [0.15, 0.2) is 0 Å². The van der Waals surface area contributed by atoms with E-state index >= 15 is 0 Å². The van der Waals surface area contributed by atoms with E-state index in [1.54, 1.807) is 8.92 Å². The molecule has 0 fully saturated rings. The number of halogens is 2. The maximum Gasteiger partial charge on any atom is -0.147 e. The van der Waals surface area contributed by atoms with Crippen LogP contribution in [0.25, 0.3) is 0 Å². The van der Waals surface area contributed by atoms with Crippen LogP contribution in [0, 0.1) is 0 Å². The first-order chi connectivity index (χ1) is 12.3. The molecule has 2 N–H and O–H groups in total. The topological polar surface area (TPSA) is 24.1 Å². The number of hydrogen-bond donors (Lipinski definition) is 2. The molecule has 0 radical (unpaired) electrons. The third-order valence-electron chi connectivity index (χ3n) is 4.69. The summed E-state index contributed by atoms with van der Waals surface area (Å²) in [7, 11) is 4.08. The van der Waals surface area contributed by atoms with Gasteiger partial charge in [-0.1, -0.05) is 0 Å². The van der Waals surface area contributed by atoms with Gasteiger partial charge in [-0.05, 0) is 0 Å². The van der Waals surface area contributed by atoms with Crippen LogP contribution in [0.15, 0.2) is 48.5 Å². The van der Waals surface area contributed by atoms with Crippen molar-refractivity contribution in [2.75, 3.05) is 27.2 Å². The summed E-state index contributed by atoms with van der Waals surface area (Å²) in [6, 6.07) is 18.1. The van der Waals surface area contributed by atoms with Gasteiger partial charge in [-0.3, -0.25) is 0 Å². The molecular weight excluding hydrogens is 521 g/mol. The number of hydrogen-bond acceptors (Lipinski definition) is 2. The van der Waals surface area contributed by atoms with E-state index in [1.165, 1.54) is 11.1 Å². The summed E-state index contributed by atoms with van der Waals surface area (Å²) in [4.78, 5) is 0. The van der Waals surface area contributed by atoms with Crippen LogP contribution in [0.4, 0.5) is 0 Å². The Hall–Kier alpha value is -0.0210. The first-order valence-corrected chi connectivity index (χ1v) is 15.2.